The number of hydrogen-bond acceptors (Lipinski definition) is 10. The van der Waals surface area contributed by atoms with Crippen LogP contribution in [0.25, 0.3) is 0 Å². The van der Waals surface area contributed by atoms with E-state index in [1.54, 1.807) is 33.2 Å². The van der Waals surface area contributed by atoms with E-state index in [0.29, 0.717) is 13.0 Å². The second kappa shape index (κ2) is 10.0. The fourth-order valence-corrected chi connectivity index (χ4v) is 5.41. The molecular weight excluding hydrogens is 449 g/mol. The normalized spacial score (nSPS) is 44.4. The Morgan fingerprint density at radius 3 is 2.32 bits per heavy atom. The highest BCUT2D eigenvalue weighted by molar-refractivity contribution is 5.16. The molecule has 1 saturated carbocycles. The molecule has 3 fully saturated rings. The summed E-state index contributed by atoms with van der Waals surface area (Å²) in [6, 6.07) is 4.79. The Bertz CT molecular complexity index is 835. The summed E-state index contributed by atoms with van der Waals surface area (Å²) in [5, 5.41) is 53.8. The van der Waals surface area contributed by atoms with E-state index >= 15 is 0 Å². The maximum Gasteiger partial charge on any atom is 0.249 e. The number of aliphatic hydroxyl groups excluding tert-OH is 2. The van der Waals surface area contributed by atoms with Crippen LogP contribution in [0, 0.1) is 5.82 Å². The molecule has 2 aliphatic heterocycles. The third-order valence-electron chi connectivity index (χ3n) is 7.27. The fraction of sp³-hybridized carbons (Fsp3) is 0.739. The van der Waals surface area contributed by atoms with E-state index in [1.165, 1.54) is 12.1 Å². The topological polar surface area (TPSA) is 145 Å². The van der Waals surface area contributed by atoms with E-state index in [-0.39, 0.29) is 18.8 Å². The van der Waals surface area contributed by atoms with Gasteiger partial charge in [0.15, 0.2) is 0 Å². The smallest absolute Gasteiger partial charge is 0.249 e. The quantitative estimate of drug-likeness (QED) is 0.221. The van der Waals surface area contributed by atoms with Crippen LogP contribution in [0.4, 0.5) is 4.39 Å². The zero-order chi connectivity index (χ0) is 24.7. The second-order valence-corrected chi connectivity index (χ2v) is 9.56. The van der Waals surface area contributed by atoms with Crippen molar-refractivity contribution in [1.29, 1.82) is 0 Å². The van der Waals surface area contributed by atoms with Crippen LogP contribution in [0.2, 0.25) is 0 Å². The Morgan fingerprint density at radius 2 is 1.68 bits per heavy atom. The van der Waals surface area contributed by atoms with Crippen LogP contribution in [0.3, 0.4) is 0 Å². The zero-order valence-corrected chi connectivity index (χ0v) is 19.6. The lowest BCUT2D eigenvalue weighted by atomic mass is 9.77. The van der Waals surface area contributed by atoms with Gasteiger partial charge in [0, 0.05) is 13.0 Å². The van der Waals surface area contributed by atoms with Gasteiger partial charge in [0.05, 0.1) is 24.3 Å². The summed E-state index contributed by atoms with van der Waals surface area (Å²) in [4.78, 5) is 0. The fourth-order valence-electron chi connectivity index (χ4n) is 5.41. The average Bonchev–Trinajstić information content (AvgIpc) is 2.79. The number of fused-ring (bicyclic) bond motifs is 2. The predicted molar refractivity (Wildman–Crippen MR) is 119 cm³/mol. The molecule has 192 valence electrons. The van der Waals surface area contributed by atoms with Crippen molar-refractivity contribution < 1.29 is 39.0 Å². The molecule has 11 heteroatoms. The maximum atomic E-state index is 13.1. The van der Waals surface area contributed by atoms with Crippen LogP contribution in [0.5, 0.6) is 0 Å². The molecule has 4 rings (SSSR count). The Morgan fingerprint density at radius 1 is 1.00 bits per heavy atom. The number of aliphatic hydroxyl groups is 4. The van der Waals surface area contributed by atoms with Crippen LogP contribution in [0.1, 0.15) is 18.9 Å². The van der Waals surface area contributed by atoms with Gasteiger partial charge in [-0.25, -0.2) is 4.39 Å². The summed E-state index contributed by atoms with van der Waals surface area (Å²) in [5.74, 6) is -2.55. The van der Waals surface area contributed by atoms with E-state index in [1.807, 2.05) is 0 Å². The lowest BCUT2D eigenvalue weighted by molar-refractivity contribution is -0.482. The molecule has 34 heavy (non-hydrogen) atoms. The molecule has 1 aliphatic carbocycles. The van der Waals surface area contributed by atoms with Crippen LogP contribution in [-0.4, -0.2) is 108 Å². The van der Waals surface area contributed by atoms with Crippen molar-refractivity contribution in [3.63, 3.8) is 0 Å². The van der Waals surface area contributed by atoms with Gasteiger partial charge in [-0.1, -0.05) is 12.1 Å². The van der Waals surface area contributed by atoms with Gasteiger partial charge in [-0.15, -0.1) is 0 Å². The summed E-state index contributed by atoms with van der Waals surface area (Å²) in [6.07, 6.45) is -5.19. The first-order valence-corrected chi connectivity index (χ1v) is 11.7. The van der Waals surface area contributed by atoms with E-state index in [4.69, 9.17) is 14.2 Å². The minimum Gasteiger partial charge on any atom is -0.390 e. The minimum absolute atomic E-state index is 0.0237. The number of likely N-dealkylation sites (N-methyl/N-ethyl adjacent to an activating group) is 2. The summed E-state index contributed by atoms with van der Waals surface area (Å²) < 4.78 is 31.0. The minimum atomic E-state index is -2.25. The van der Waals surface area contributed by atoms with Gasteiger partial charge in [-0.3, -0.25) is 0 Å². The predicted octanol–water partition coefficient (Wildman–Crippen LogP) is -1.79. The van der Waals surface area contributed by atoms with Crippen molar-refractivity contribution >= 4 is 0 Å². The van der Waals surface area contributed by atoms with E-state index in [2.05, 4.69) is 16.0 Å². The van der Waals surface area contributed by atoms with E-state index in [9.17, 15) is 24.8 Å². The number of hydrogen-bond donors (Lipinski definition) is 7. The van der Waals surface area contributed by atoms with E-state index in [0.717, 1.165) is 5.56 Å². The molecule has 2 heterocycles. The van der Waals surface area contributed by atoms with Crippen LogP contribution >= 0.6 is 0 Å². The van der Waals surface area contributed by atoms with Gasteiger partial charge >= 0.3 is 0 Å². The monoisotopic (exact) mass is 485 g/mol. The third-order valence-corrected chi connectivity index (χ3v) is 7.27. The second-order valence-electron chi connectivity index (χ2n) is 9.56. The highest BCUT2D eigenvalue weighted by atomic mass is 19.1. The summed E-state index contributed by atoms with van der Waals surface area (Å²) in [6.45, 7) is 2.20. The largest absolute Gasteiger partial charge is 0.390 e. The lowest BCUT2D eigenvalue weighted by Gasteiger charge is -2.60. The highest BCUT2D eigenvalue weighted by Gasteiger charge is 2.68. The molecule has 3 aliphatic rings. The number of benzene rings is 1. The maximum absolute atomic E-state index is 13.1. The SMILES string of the molecule is CNC1C(O)C(NC)C2OC3(O)C(OC(C)CC3(O)CNCCc3ccc(F)cc3)OC2C1O. The molecule has 10 nitrogen and oxygen atoms in total. The van der Waals surface area contributed by atoms with Crippen molar-refractivity contribution in [1.82, 2.24) is 16.0 Å². The molecule has 1 aromatic rings. The number of ether oxygens (including phenoxy) is 3. The van der Waals surface area contributed by atoms with Crippen molar-refractivity contribution in [2.45, 2.75) is 80.0 Å². The molecule has 0 bridgehead atoms. The summed E-state index contributed by atoms with van der Waals surface area (Å²) in [7, 11) is 3.26. The number of nitrogens with one attached hydrogen (secondary N) is 3. The standard InChI is InChI=1S/C23H36FN3O7/c1-12-10-22(30,11-27-9-8-13-4-6-14(24)7-5-13)23(31)21(32-12)33-20-18(29)15(25-2)17(28)16(26-3)19(20)34-23/h4-7,12,15-21,25-31H,8-11H2,1-3H3. The molecule has 0 radical (unpaired) electrons. The molecule has 1 aromatic carbocycles. The van der Waals surface area contributed by atoms with Gasteiger partial charge in [-0.2, -0.15) is 0 Å². The number of rotatable bonds is 7. The van der Waals surface area contributed by atoms with Gasteiger partial charge in [0.1, 0.15) is 29.7 Å². The van der Waals surface area contributed by atoms with Gasteiger partial charge in [-0.05, 0) is 51.7 Å². The molecule has 10 atom stereocenters. The Balaban J connectivity index is 1.50. The van der Waals surface area contributed by atoms with E-state index < -0.39 is 60.3 Å². The molecule has 0 aromatic heterocycles. The Kier molecular flexibility index (Phi) is 7.61. The summed E-state index contributed by atoms with van der Waals surface area (Å²) in [5.41, 5.74) is -0.851. The Hall–Kier alpha value is -1.25. The van der Waals surface area contributed by atoms with Crippen LogP contribution < -0.4 is 16.0 Å². The lowest BCUT2D eigenvalue weighted by Crippen LogP contribution is -2.81. The molecule has 7 N–H and O–H groups in total. The first-order chi connectivity index (χ1) is 16.1. The molecule has 0 spiro atoms. The molecule has 0 amide bonds. The van der Waals surface area contributed by atoms with Crippen molar-refractivity contribution in [2.75, 3.05) is 27.2 Å². The van der Waals surface area contributed by atoms with Crippen molar-refractivity contribution in [2.24, 2.45) is 0 Å². The van der Waals surface area contributed by atoms with Crippen molar-refractivity contribution in [3.8, 4) is 0 Å². The summed E-state index contributed by atoms with van der Waals surface area (Å²) >= 11 is 0. The first-order valence-electron chi connectivity index (χ1n) is 11.7. The number of halogens is 1. The third kappa shape index (κ3) is 4.50. The van der Waals surface area contributed by atoms with Gasteiger partial charge in [0.2, 0.25) is 12.1 Å². The van der Waals surface area contributed by atoms with Crippen LogP contribution in [0.15, 0.2) is 24.3 Å². The molecular formula is C23H36FN3O7. The van der Waals surface area contributed by atoms with Gasteiger partial charge in [0.25, 0.3) is 0 Å². The first kappa shape index (κ1) is 25.8. The average molecular weight is 486 g/mol. The zero-order valence-electron chi connectivity index (χ0n) is 19.6. The molecule has 10 unspecified atom stereocenters. The molecule has 2 saturated heterocycles. The van der Waals surface area contributed by atoms with Crippen molar-refractivity contribution in [3.05, 3.63) is 35.6 Å². The Labute approximate surface area is 198 Å². The van der Waals surface area contributed by atoms with Gasteiger partial charge < -0.3 is 50.6 Å². The van der Waals surface area contributed by atoms with Crippen LogP contribution in [-0.2, 0) is 20.6 Å². The highest BCUT2D eigenvalue weighted by Crippen LogP contribution is 2.46.